The Morgan fingerprint density at radius 2 is 2.27 bits per heavy atom. The maximum absolute atomic E-state index is 12.0. The number of oxazole rings is 1. The highest BCUT2D eigenvalue weighted by Gasteiger charge is 2.08. The Morgan fingerprint density at radius 3 is 3.00 bits per heavy atom. The summed E-state index contributed by atoms with van der Waals surface area (Å²) in [5.74, 6) is -0.416. The molecule has 0 saturated carbocycles. The largest absolute Gasteiger partial charge is 0.419 e. The number of aromatic nitrogens is 1. The van der Waals surface area contributed by atoms with Crippen LogP contribution in [0.25, 0.3) is 11.1 Å². The van der Waals surface area contributed by atoms with Crippen LogP contribution in [-0.4, -0.2) is 11.2 Å². The minimum Gasteiger partial charge on any atom is -0.408 e. The van der Waals surface area contributed by atoms with Crippen LogP contribution in [0.4, 0.5) is 4.39 Å². The molecule has 1 heterocycles. The Bertz CT molecular complexity index is 532. The fraction of sp³-hybridized carbons (Fsp3) is 0.300. The second-order valence-electron chi connectivity index (χ2n) is 3.17. The molecule has 0 N–H and O–H groups in total. The molecule has 0 aliphatic rings. The number of halogens is 2. The van der Waals surface area contributed by atoms with Gasteiger partial charge in [-0.15, -0.1) is 0 Å². The Morgan fingerprint density at radius 1 is 1.47 bits per heavy atom. The van der Waals surface area contributed by atoms with Gasteiger partial charge in [0.15, 0.2) is 5.58 Å². The van der Waals surface area contributed by atoms with Crippen molar-refractivity contribution in [2.24, 2.45) is 0 Å². The molecule has 0 spiro atoms. The predicted octanol–water partition coefficient (Wildman–Crippen LogP) is 2.56. The number of hydrogen-bond acceptors (Lipinski definition) is 2. The molecule has 0 unspecified atom stereocenters. The van der Waals surface area contributed by atoms with Gasteiger partial charge in [-0.2, -0.15) is 0 Å². The van der Waals surface area contributed by atoms with E-state index in [-0.39, 0.29) is 0 Å². The van der Waals surface area contributed by atoms with E-state index in [0.29, 0.717) is 18.5 Å². The lowest BCUT2D eigenvalue weighted by Gasteiger charge is -1.99. The van der Waals surface area contributed by atoms with Crippen LogP contribution in [0, 0.1) is 3.57 Å². The molecular weight excluding hydrogens is 312 g/mol. The molecule has 2 aromatic rings. The molecule has 0 saturated heterocycles. The third-order valence-corrected chi connectivity index (χ3v) is 2.82. The molecular formula is C10H9FINO2. The Hall–Kier alpha value is -0.850. The van der Waals surface area contributed by atoms with E-state index in [0.717, 1.165) is 9.09 Å². The highest BCUT2D eigenvalue weighted by Crippen LogP contribution is 2.16. The molecule has 3 nitrogen and oxygen atoms in total. The van der Waals surface area contributed by atoms with E-state index in [4.69, 9.17) is 4.42 Å². The van der Waals surface area contributed by atoms with Crippen molar-refractivity contribution in [3.8, 4) is 0 Å². The molecule has 0 atom stereocenters. The van der Waals surface area contributed by atoms with Crippen molar-refractivity contribution in [2.75, 3.05) is 6.67 Å². The molecule has 0 radical (unpaired) electrons. The van der Waals surface area contributed by atoms with Crippen LogP contribution in [0.5, 0.6) is 0 Å². The standard InChI is InChI=1S/C10H9FINO2/c11-4-1-5-13-8-6-7(12)2-3-9(8)15-10(13)14/h2-3,6H,1,4-5H2. The van der Waals surface area contributed by atoms with Gasteiger partial charge >= 0.3 is 5.76 Å². The van der Waals surface area contributed by atoms with Gasteiger partial charge < -0.3 is 4.42 Å². The van der Waals surface area contributed by atoms with Gasteiger partial charge in [0, 0.05) is 10.1 Å². The SMILES string of the molecule is O=c1oc2ccc(I)cc2n1CCCF. The maximum atomic E-state index is 12.0. The van der Waals surface area contributed by atoms with Crippen LogP contribution in [0.15, 0.2) is 27.4 Å². The second kappa shape index (κ2) is 4.34. The normalized spacial score (nSPS) is 11.1. The summed E-state index contributed by atoms with van der Waals surface area (Å²) in [6.07, 6.45) is 0.333. The summed E-state index contributed by atoms with van der Waals surface area (Å²) in [4.78, 5) is 11.4. The van der Waals surface area contributed by atoms with Crippen molar-refractivity contribution in [1.82, 2.24) is 4.57 Å². The van der Waals surface area contributed by atoms with Gasteiger partial charge in [0.25, 0.3) is 0 Å². The van der Waals surface area contributed by atoms with Crippen molar-refractivity contribution in [3.05, 3.63) is 32.3 Å². The van der Waals surface area contributed by atoms with Gasteiger partial charge in [0.1, 0.15) is 0 Å². The van der Waals surface area contributed by atoms with Crippen molar-refractivity contribution in [2.45, 2.75) is 13.0 Å². The molecule has 0 aliphatic heterocycles. The van der Waals surface area contributed by atoms with Crippen LogP contribution < -0.4 is 5.76 Å². The minimum absolute atomic E-state index is 0.333. The van der Waals surface area contributed by atoms with E-state index in [1.54, 1.807) is 6.07 Å². The number of benzene rings is 1. The highest BCUT2D eigenvalue weighted by molar-refractivity contribution is 14.1. The number of fused-ring (bicyclic) bond motifs is 1. The predicted molar refractivity (Wildman–Crippen MR) is 63.8 cm³/mol. The summed E-state index contributed by atoms with van der Waals surface area (Å²) < 4.78 is 19.6. The van der Waals surface area contributed by atoms with Crippen LogP contribution in [-0.2, 0) is 6.54 Å². The summed E-state index contributed by atoms with van der Waals surface area (Å²) in [7, 11) is 0. The maximum Gasteiger partial charge on any atom is 0.419 e. The monoisotopic (exact) mass is 321 g/mol. The minimum atomic E-state index is -0.428. The zero-order valence-corrected chi connectivity index (χ0v) is 10.0. The summed E-state index contributed by atoms with van der Waals surface area (Å²) in [6, 6.07) is 5.48. The molecule has 5 heteroatoms. The van der Waals surface area contributed by atoms with Crippen molar-refractivity contribution in [3.63, 3.8) is 0 Å². The van der Waals surface area contributed by atoms with E-state index in [9.17, 15) is 9.18 Å². The first-order valence-electron chi connectivity index (χ1n) is 4.57. The van der Waals surface area contributed by atoms with Gasteiger partial charge in [0.2, 0.25) is 0 Å². The van der Waals surface area contributed by atoms with Crippen LogP contribution >= 0.6 is 22.6 Å². The highest BCUT2D eigenvalue weighted by atomic mass is 127. The number of alkyl halides is 1. The van der Waals surface area contributed by atoms with E-state index < -0.39 is 12.4 Å². The van der Waals surface area contributed by atoms with Gasteiger partial charge in [-0.3, -0.25) is 8.96 Å². The molecule has 0 bridgehead atoms. The quantitative estimate of drug-likeness (QED) is 0.815. The lowest BCUT2D eigenvalue weighted by Crippen LogP contribution is -2.14. The zero-order chi connectivity index (χ0) is 10.8. The summed E-state index contributed by atoms with van der Waals surface area (Å²) in [5.41, 5.74) is 1.29. The average molecular weight is 321 g/mol. The molecule has 1 aromatic heterocycles. The number of hydrogen-bond donors (Lipinski definition) is 0. The Balaban J connectivity index is 2.55. The average Bonchev–Trinajstić information content (AvgIpc) is 2.51. The summed E-state index contributed by atoms with van der Waals surface area (Å²) in [6.45, 7) is -0.0640. The summed E-state index contributed by atoms with van der Waals surface area (Å²) >= 11 is 2.16. The van der Waals surface area contributed by atoms with Gasteiger partial charge in [-0.1, -0.05) is 0 Å². The second-order valence-corrected chi connectivity index (χ2v) is 4.42. The molecule has 80 valence electrons. The number of aryl methyl sites for hydroxylation is 1. The fourth-order valence-electron chi connectivity index (χ4n) is 1.46. The molecule has 15 heavy (non-hydrogen) atoms. The Kier molecular flexibility index (Phi) is 3.08. The van der Waals surface area contributed by atoms with E-state index in [1.165, 1.54) is 4.57 Å². The topological polar surface area (TPSA) is 35.1 Å². The van der Waals surface area contributed by atoms with Crippen LogP contribution in [0.1, 0.15) is 6.42 Å². The zero-order valence-electron chi connectivity index (χ0n) is 7.87. The van der Waals surface area contributed by atoms with E-state index in [1.807, 2.05) is 12.1 Å². The number of rotatable bonds is 3. The lowest BCUT2D eigenvalue weighted by molar-refractivity contribution is 0.431. The molecule has 2 rings (SSSR count). The fourth-order valence-corrected chi connectivity index (χ4v) is 1.94. The van der Waals surface area contributed by atoms with Crippen LogP contribution in [0.2, 0.25) is 0 Å². The molecule has 0 amide bonds. The van der Waals surface area contributed by atoms with Gasteiger partial charge in [-0.25, -0.2) is 4.79 Å². The first kappa shape index (κ1) is 10.7. The lowest BCUT2D eigenvalue weighted by atomic mass is 10.3. The van der Waals surface area contributed by atoms with E-state index in [2.05, 4.69) is 22.6 Å². The van der Waals surface area contributed by atoms with E-state index >= 15 is 0 Å². The Labute approximate surface area is 99.0 Å². The molecule has 0 fully saturated rings. The smallest absolute Gasteiger partial charge is 0.408 e. The van der Waals surface area contributed by atoms with Gasteiger partial charge in [-0.05, 0) is 47.2 Å². The van der Waals surface area contributed by atoms with Crippen LogP contribution in [0.3, 0.4) is 0 Å². The summed E-state index contributed by atoms with van der Waals surface area (Å²) in [5, 5.41) is 0. The van der Waals surface area contributed by atoms with Crippen molar-refractivity contribution in [1.29, 1.82) is 0 Å². The first-order chi connectivity index (χ1) is 7.22. The third-order valence-electron chi connectivity index (χ3n) is 2.14. The van der Waals surface area contributed by atoms with Crippen molar-refractivity contribution >= 4 is 33.7 Å². The van der Waals surface area contributed by atoms with Crippen molar-refractivity contribution < 1.29 is 8.81 Å². The molecule has 0 aliphatic carbocycles. The first-order valence-corrected chi connectivity index (χ1v) is 5.65. The molecule has 1 aromatic carbocycles. The number of nitrogens with zero attached hydrogens (tertiary/aromatic N) is 1. The van der Waals surface area contributed by atoms with Gasteiger partial charge in [0.05, 0.1) is 12.2 Å². The third kappa shape index (κ3) is 2.06.